The minimum absolute atomic E-state index is 0.229. The first kappa shape index (κ1) is 11.6. The minimum atomic E-state index is -5.57. The van der Waals surface area contributed by atoms with Gasteiger partial charge in [-0.3, -0.25) is 0 Å². The molecule has 0 amide bonds. The third-order valence-corrected chi connectivity index (χ3v) is 1.82. The molecule has 84 valence electrons. The van der Waals surface area contributed by atoms with Gasteiger partial charge >= 0.3 is 12.1 Å². The van der Waals surface area contributed by atoms with Crippen molar-refractivity contribution in [3.05, 3.63) is 0 Å². The molecule has 14 heavy (non-hydrogen) atoms. The molecule has 1 fully saturated rings. The van der Waals surface area contributed by atoms with Crippen molar-refractivity contribution in [2.75, 3.05) is 13.2 Å². The van der Waals surface area contributed by atoms with E-state index in [1.807, 2.05) is 0 Å². The molecule has 2 unspecified atom stereocenters. The van der Waals surface area contributed by atoms with Crippen LogP contribution in [0.1, 0.15) is 6.92 Å². The Morgan fingerprint density at radius 3 is 2.21 bits per heavy atom. The molecule has 1 rings (SSSR count). The Labute approximate surface area is 77.0 Å². The van der Waals surface area contributed by atoms with Gasteiger partial charge < -0.3 is 9.47 Å². The Kier molecular flexibility index (Phi) is 3.01. The zero-order valence-corrected chi connectivity index (χ0v) is 7.28. The van der Waals surface area contributed by atoms with Crippen molar-refractivity contribution in [1.29, 1.82) is 0 Å². The Morgan fingerprint density at radius 2 is 1.86 bits per heavy atom. The van der Waals surface area contributed by atoms with Crippen LogP contribution in [0.5, 0.6) is 0 Å². The van der Waals surface area contributed by atoms with Crippen LogP contribution < -0.4 is 0 Å². The van der Waals surface area contributed by atoms with Crippen molar-refractivity contribution in [2.45, 2.75) is 31.2 Å². The zero-order valence-electron chi connectivity index (χ0n) is 7.28. The lowest BCUT2D eigenvalue weighted by molar-refractivity contribution is -0.316. The van der Waals surface area contributed by atoms with E-state index < -0.39 is 18.2 Å². The monoisotopic (exact) mass is 220 g/mol. The van der Waals surface area contributed by atoms with Gasteiger partial charge in [-0.15, -0.1) is 0 Å². The maximum atomic E-state index is 12.5. The average molecular weight is 220 g/mol. The largest absolute Gasteiger partial charge is 0.456 e. The van der Waals surface area contributed by atoms with Gasteiger partial charge in [0.15, 0.2) is 0 Å². The van der Waals surface area contributed by atoms with Crippen molar-refractivity contribution < 1.29 is 31.4 Å². The standard InChI is InChI=1S/C7H9F5O2/c1-4(13-2-5-3-14-5)6(8,9)7(10,11)12/h4-5H,2-3H2,1H3. The number of halogens is 5. The van der Waals surface area contributed by atoms with Gasteiger partial charge in [-0.05, 0) is 6.92 Å². The van der Waals surface area contributed by atoms with E-state index in [1.54, 1.807) is 0 Å². The molecule has 1 saturated heterocycles. The van der Waals surface area contributed by atoms with Crippen molar-refractivity contribution in [1.82, 2.24) is 0 Å². The minimum Gasteiger partial charge on any atom is -0.371 e. The quantitative estimate of drug-likeness (QED) is 0.533. The molecule has 1 aliphatic rings. The number of ether oxygens (including phenoxy) is 2. The van der Waals surface area contributed by atoms with Gasteiger partial charge in [0.2, 0.25) is 0 Å². The lowest BCUT2D eigenvalue weighted by Gasteiger charge is -2.25. The molecule has 0 aliphatic carbocycles. The highest BCUT2D eigenvalue weighted by molar-refractivity contribution is 4.83. The fraction of sp³-hybridized carbons (Fsp3) is 1.00. The van der Waals surface area contributed by atoms with E-state index in [2.05, 4.69) is 9.47 Å². The highest BCUT2D eigenvalue weighted by atomic mass is 19.4. The van der Waals surface area contributed by atoms with E-state index in [0.717, 1.165) is 0 Å². The number of epoxide rings is 1. The van der Waals surface area contributed by atoms with Gasteiger partial charge in [0.05, 0.1) is 13.2 Å². The van der Waals surface area contributed by atoms with Crippen molar-refractivity contribution in [3.63, 3.8) is 0 Å². The Morgan fingerprint density at radius 1 is 1.36 bits per heavy atom. The van der Waals surface area contributed by atoms with Crippen LogP contribution in [0.2, 0.25) is 0 Å². The summed E-state index contributed by atoms with van der Waals surface area (Å²) in [6.45, 7) is 0.813. The van der Waals surface area contributed by atoms with Crippen LogP contribution in [0.15, 0.2) is 0 Å². The molecular formula is C7H9F5O2. The second-order valence-electron chi connectivity index (χ2n) is 3.05. The Hall–Kier alpha value is -0.430. The summed E-state index contributed by atoms with van der Waals surface area (Å²) in [6.07, 6.45) is -8.09. The zero-order chi connectivity index (χ0) is 11.0. The smallest absolute Gasteiger partial charge is 0.371 e. The normalized spacial score (nSPS) is 24.9. The van der Waals surface area contributed by atoms with Crippen LogP contribution in [0, 0.1) is 0 Å². The summed E-state index contributed by atoms with van der Waals surface area (Å²) in [5.41, 5.74) is 0. The number of hydrogen-bond donors (Lipinski definition) is 0. The van der Waals surface area contributed by atoms with Crippen molar-refractivity contribution in [2.24, 2.45) is 0 Å². The first-order valence-electron chi connectivity index (χ1n) is 3.93. The third kappa shape index (κ3) is 2.54. The molecule has 1 aliphatic heterocycles. The molecule has 0 aromatic carbocycles. The van der Waals surface area contributed by atoms with Gasteiger partial charge in [0.1, 0.15) is 12.2 Å². The molecule has 7 heteroatoms. The fourth-order valence-corrected chi connectivity index (χ4v) is 0.751. The molecule has 0 bridgehead atoms. The topological polar surface area (TPSA) is 21.8 Å². The summed E-state index contributed by atoms with van der Waals surface area (Å²) in [6, 6.07) is 0. The molecule has 2 atom stereocenters. The van der Waals surface area contributed by atoms with E-state index in [9.17, 15) is 22.0 Å². The summed E-state index contributed by atoms with van der Waals surface area (Å²) in [5.74, 6) is -4.82. The third-order valence-electron chi connectivity index (χ3n) is 1.82. The first-order valence-corrected chi connectivity index (χ1v) is 3.93. The summed E-state index contributed by atoms with van der Waals surface area (Å²) in [7, 11) is 0. The Bertz CT molecular complexity index is 199. The predicted molar refractivity (Wildman–Crippen MR) is 36.2 cm³/mol. The molecule has 2 nitrogen and oxygen atoms in total. The molecule has 0 N–H and O–H groups in total. The summed E-state index contributed by atoms with van der Waals surface area (Å²) in [5, 5.41) is 0. The number of alkyl halides is 5. The van der Waals surface area contributed by atoms with Crippen LogP contribution in [-0.4, -0.2) is 37.5 Å². The molecule has 0 radical (unpaired) electrons. The highest BCUT2D eigenvalue weighted by Gasteiger charge is 2.61. The predicted octanol–water partition coefficient (Wildman–Crippen LogP) is 1.99. The van der Waals surface area contributed by atoms with Crippen LogP contribution in [0.4, 0.5) is 22.0 Å². The van der Waals surface area contributed by atoms with Crippen LogP contribution in [0.3, 0.4) is 0 Å². The summed E-state index contributed by atoms with van der Waals surface area (Å²) < 4.78 is 69.3. The number of hydrogen-bond acceptors (Lipinski definition) is 2. The second kappa shape index (κ2) is 3.62. The lowest BCUT2D eigenvalue weighted by Crippen LogP contribution is -2.47. The van der Waals surface area contributed by atoms with Crippen LogP contribution in [-0.2, 0) is 9.47 Å². The van der Waals surface area contributed by atoms with Crippen molar-refractivity contribution in [3.8, 4) is 0 Å². The average Bonchev–Trinajstić information content (AvgIpc) is 2.80. The molecule has 1 heterocycles. The summed E-state index contributed by atoms with van der Waals surface area (Å²) in [4.78, 5) is 0. The first-order chi connectivity index (χ1) is 6.25. The molecular weight excluding hydrogens is 211 g/mol. The second-order valence-corrected chi connectivity index (χ2v) is 3.05. The highest BCUT2D eigenvalue weighted by Crippen LogP contribution is 2.39. The van der Waals surface area contributed by atoms with E-state index in [-0.39, 0.29) is 12.7 Å². The molecule has 0 spiro atoms. The van der Waals surface area contributed by atoms with Gasteiger partial charge in [-0.1, -0.05) is 0 Å². The SMILES string of the molecule is CC(OCC1CO1)C(F)(F)C(F)(F)F. The van der Waals surface area contributed by atoms with Gasteiger partial charge in [0.25, 0.3) is 0 Å². The molecule has 0 aromatic heterocycles. The van der Waals surface area contributed by atoms with Gasteiger partial charge in [-0.25, -0.2) is 0 Å². The number of rotatable bonds is 4. The van der Waals surface area contributed by atoms with Crippen LogP contribution >= 0.6 is 0 Å². The van der Waals surface area contributed by atoms with Crippen LogP contribution in [0.25, 0.3) is 0 Å². The summed E-state index contributed by atoms with van der Waals surface area (Å²) >= 11 is 0. The van der Waals surface area contributed by atoms with E-state index >= 15 is 0 Å². The molecule has 0 saturated carbocycles. The van der Waals surface area contributed by atoms with Gasteiger partial charge in [-0.2, -0.15) is 22.0 Å². The fourth-order valence-electron chi connectivity index (χ4n) is 0.751. The molecule has 0 aromatic rings. The Balaban J connectivity index is 2.43. The van der Waals surface area contributed by atoms with E-state index in [1.165, 1.54) is 0 Å². The maximum absolute atomic E-state index is 12.5. The lowest BCUT2D eigenvalue weighted by atomic mass is 10.2. The van der Waals surface area contributed by atoms with Gasteiger partial charge in [0, 0.05) is 0 Å². The maximum Gasteiger partial charge on any atom is 0.456 e. The van der Waals surface area contributed by atoms with Crippen molar-refractivity contribution >= 4 is 0 Å². The van der Waals surface area contributed by atoms with E-state index in [4.69, 9.17) is 0 Å². The van der Waals surface area contributed by atoms with E-state index in [0.29, 0.717) is 13.5 Å².